The van der Waals surface area contributed by atoms with Gasteiger partial charge in [-0.2, -0.15) is 0 Å². The Kier molecular flexibility index (Phi) is 5.30. The molecule has 0 aromatic rings. The predicted octanol–water partition coefficient (Wildman–Crippen LogP) is 2.03. The van der Waals surface area contributed by atoms with Crippen molar-refractivity contribution in [1.29, 1.82) is 5.41 Å². The summed E-state index contributed by atoms with van der Waals surface area (Å²) >= 11 is 0. The largest absolute Gasteiger partial charge is 0.308 e. The first-order valence-corrected chi connectivity index (χ1v) is 3.20. The molecule has 0 heterocycles. The zero-order chi connectivity index (χ0) is 7.82. The summed E-state index contributed by atoms with van der Waals surface area (Å²) < 4.78 is 0. The summed E-state index contributed by atoms with van der Waals surface area (Å²) in [5, 5.41) is 6.61. The van der Waals surface area contributed by atoms with Crippen LogP contribution >= 0.6 is 0 Å². The first-order chi connectivity index (χ1) is 4.77. The summed E-state index contributed by atoms with van der Waals surface area (Å²) in [4.78, 5) is 3.91. The molecule has 0 saturated carbocycles. The minimum absolute atomic E-state index is 0.470. The molecule has 2 heteroatoms. The van der Waals surface area contributed by atoms with E-state index in [1.54, 1.807) is 6.20 Å². The minimum atomic E-state index is 0.470. The van der Waals surface area contributed by atoms with Crippen LogP contribution in [0.5, 0.6) is 0 Å². The maximum Gasteiger partial charge on any atom is 0.0683 e. The van der Waals surface area contributed by atoms with Crippen LogP contribution in [0.1, 0.15) is 13.8 Å². The van der Waals surface area contributed by atoms with Gasteiger partial charge in [-0.05, 0) is 12.0 Å². The van der Waals surface area contributed by atoms with E-state index in [0.29, 0.717) is 5.92 Å². The van der Waals surface area contributed by atoms with Crippen LogP contribution in [0, 0.1) is 11.3 Å². The zero-order valence-corrected chi connectivity index (χ0v) is 6.33. The molecule has 0 aliphatic heterocycles. The molecule has 54 valence electrons. The average Bonchev–Trinajstić information content (AvgIpc) is 1.87. The van der Waals surface area contributed by atoms with Crippen LogP contribution in [0.3, 0.4) is 0 Å². The van der Waals surface area contributed by atoms with Gasteiger partial charge in [-0.3, -0.25) is 4.99 Å². The molecule has 1 N–H and O–H groups in total. The Morgan fingerprint density at radius 3 is 2.70 bits per heavy atom. The van der Waals surface area contributed by atoms with E-state index in [1.807, 2.05) is 6.21 Å². The molecule has 2 nitrogen and oxygen atoms in total. The molecule has 0 aliphatic rings. The lowest BCUT2D eigenvalue weighted by Gasteiger charge is -1.86. The molecule has 0 radical (unpaired) electrons. The topological polar surface area (TPSA) is 36.2 Å². The number of nitrogens with zero attached hydrogens (tertiary/aromatic N) is 1. The summed E-state index contributed by atoms with van der Waals surface area (Å²) in [5.74, 6) is 0.470. The van der Waals surface area contributed by atoms with Gasteiger partial charge in [-0.25, -0.2) is 0 Å². The molecule has 0 spiro atoms. The van der Waals surface area contributed by atoms with Gasteiger partial charge in [0.05, 0.1) is 6.20 Å². The van der Waals surface area contributed by atoms with Crippen molar-refractivity contribution in [3.05, 3.63) is 18.0 Å². The Morgan fingerprint density at radius 2 is 2.20 bits per heavy atom. The maximum atomic E-state index is 6.61. The van der Waals surface area contributed by atoms with E-state index in [2.05, 4.69) is 24.6 Å². The van der Waals surface area contributed by atoms with Crippen LogP contribution in [-0.2, 0) is 0 Å². The molecular formula is C8H12N2. The van der Waals surface area contributed by atoms with Gasteiger partial charge < -0.3 is 5.41 Å². The fourth-order valence-corrected chi connectivity index (χ4v) is 0.349. The van der Waals surface area contributed by atoms with E-state index in [0.717, 1.165) is 0 Å². The molecule has 0 saturated heterocycles. The second-order valence-electron chi connectivity index (χ2n) is 2.17. The van der Waals surface area contributed by atoms with Gasteiger partial charge >= 0.3 is 0 Å². The predicted molar refractivity (Wildman–Crippen MR) is 44.8 cm³/mol. The molecule has 0 aromatic heterocycles. The fourth-order valence-electron chi connectivity index (χ4n) is 0.349. The van der Waals surface area contributed by atoms with Gasteiger partial charge in [0.25, 0.3) is 0 Å². The highest BCUT2D eigenvalue weighted by atomic mass is 14.7. The van der Waals surface area contributed by atoms with Crippen molar-refractivity contribution in [3.8, 4) is 0 Å². The first-order valence-electron chi connectivity index (χ1n) is 3.20. The molecule has 0 atom stereocenters. The van der Waals surface area contributed by atoms with Crippen LogP contribution in [0.25, 0.3) is 0 Å². The van der Waals surface area contributed by atoms with Crippen LogP contribution < -0.4 is 0 Å². The Balaban J connectivity index is 3.72. The number of allylic oxidation sites excluding steroid dienone is 1. The lowest BCUT2D eigenvalue weighted by molar-refractivity contribution is 0.907. The van der Waals surface area contributed by atoms with E-state index < -0.39 is 0 Å². The smallest absolute Gasteiger partial charge is 0.0683 e. The third-order valence-electron chi connectivity index (χ3n) is 0.713. The quantitative estimate of drug-likeness (QED) is 0.455. The number of aliphatic imine (C=N–C) groups is 1. The Bertz CT molecular complexity index is 172. The van der Waals surface area contributed by atoms with Gasteiger partial charge in [0.15, 0.2) is 0 Å². The molecule has 0 fully saturated rings. The van der Waals surface area contributed by atoms with Gasteiger partial charge in [-0.15, -0.1) is 0 Å². The van der Waals surface area contributed by atoms with Crippen LogP contribution in [0.15, 0.2) is 23.0 Å². The third kappa shape index (κ3) is 6.86. The van der Waals surface area contributed by atoms with Crippen molar-refractivity contribution in [2.24, 2.45) is 10.9 Å². The van der Waals surface area contributed by atoms with Crippen LogP contribution in [-0.4, -0.2) is 12.4 Å². The van der Waals surface area contributed by atoms with Gasteiger partial charge in [0, 0.05) is 12.4 Å². The monoisotopic (exact) mass is 136 g/mol. The standard InChI is InChI=1S/C8H12N2/c1-8(2)7-10-6-4-3-5-9/h3,5-9H,1-2H3. The third-order valence-corrected chi connectivity index (χ3v) is 0.713. The van der Waals surface area contributed by atoms with Gasteiger partial charge in [-0.1, -0.05) is 19.6 Å². The summed E-state index contributed by atoms with van der Waals surface area (Å²) in [6, 6.07) is 0. The lowest BCUT2D eigenvalue weighted by atomic mass is 10.3. The van der Waals surface area contributed by atoms with Crippen molar-refractivity contribution in [2.75, 3.05) is 0 Å². The zero-order valence-electron chi connectivity index (χ0n) is 6.33. The van der Waals surface area contributed by atoms with Gasteiger partial charge in [0.1, 0.15) is 0 Å². The molecule has 0 unspecified atom stereocenters. The Labute approximate surface area is 61.5 Å². The van der Waals surface area contributed by atoms with E-state index >= 15 is 0 Å². The second kappa shape index (κ2) is 5.99. The Hall–Kier alpha value is -1.14. The number of rotatable bonds is 3. The molecule has 0 aromatic carbocycles. The van der Waals surface area contributed by atoms with E-state index in [-0.39, 0.29) is 0 Å². The van der Waals surface area contributed by atoms with Crippen LogP contribution in [0.2, 0.25) is 0 Å². The SMILES string of the molecule is CC(C)C=NC=C=CC=N. The summed E-state index contributed by atoms with van der Waals surface area (Å²) in [6.07, 6.45) is 6.04. The number of hydrogen-bond donors (Lipinski definition) is 1. The normalized spacial score (nSPS) is 9.50. The highest BCUT2D eigenvalue weighted by Gasteiger charge is 1.79. The van der Waals surface area contributed by atoms with E-state index in [9.17, 15) is 0 Å². The molecular weight excluding hydrogens is 124 g/mol. The molecule has 0 rings (SSSR count). The van der Waals surface area contributed by atoms with Crippen molar-refractivity contribution >= 4 is 12.4 Å². The highest BCUT2D eigenvalue weighted by molar-refractivity contribution is 5.67. The van der Waals surface area contributed by atoms with Gasteiger partial charge in [0.2, 0.25) is 0 Å². The summed E-state index contributed by atoms with van der Waals surface area (Å²) in [6.45, 7) is 4.11. The first kappa shape index (κ1) is 8.86. The second-order valence-corrected chi connectivity index (χ2v) is 2.17. The lowest BCUT2D eigenvalue weighted by Crippen LogP contribution is -1.84. The molecule has 10 heavy (non-hydrogen) atoms. The maximum absolute atomic E-state index is 6.61. The van der Waals surface area contributed by atoms with Crippen molar-refractivity contribution in [1.82, 2.24) is 0 Å². The fraction of sp³-hybridized carbons (Fsp3) is 0.375. The Morgan fingerprint density at radius 1 is 1.50 bits per heavy atom. The van der Waals surface area contributed by atoms with Crippen molar-refractivity contribution in [3.63, 3.8) is 0 Å². The highest BCUT2D eigenvalue weighted by Crippen LogP contribution is 1.84. The minimum Gasteiger partial charge on any atom is -0.308 e. The molecule has 0 bridgehead atoms. The number of nitrogens with one attached hydrogen (secondary N) is 1. The number of hydrogen-bond acceptors (Lipinski definition) is 2. The van der Waals surface area contributed by atoms with E-state index in [1.165, 1.54) is 12.3 Å². The average molecular weight is 136 g/mol. The van der Waals surface area contributed by atoms with E-state index in [4.69, 9.17) is 5.41 Å². The summed E-state index contributed by atoms with van der Waals surface area (Å²) in [5.41, 5.74) is 2.70. The van der Waals surface area contributed by atoms with Crippen molar-refractivity contribution in [2.45, 2.75) is 13.8 Å². The van der Waals surface area contributed by atoms with Crippen LogP contribution in [0.4, 0.5) is 0 Å². The molecule has 0 aliphatic carbocycles. The van der Waals surface area contributed by atoms with Crippen molar-refractivity contribution < 1.29 is 0 Å². The summed E-state index contributed by atoms with van der Waals surface area (Å²) in [7, 11) is 0. The molecule has 0 amide bonds.